The van der Waals surface area contributed by atoms with Crippen LogP contribution >= 0.6 is 15.9 Å². The molecule has 2 atom stereocenters. The van der Waals surface area contributed by atoms with Gasteiger partial charge in [0, 0.05) is 5.75 Å². The van der Waals surface area contributed by atoms with Crippen LogP contribution in [-0.4, -0.2) is 38.9 Å². The maximum atomic E-state index is 12.0. The summed E-state index contributed by atoms with van der Waals surface area (Å²) in [6, 6.07) is 3.18. The molecule has 1 saturated heterocycles. The number of nitrogens with zero attached hydrogens (tertiary/aromatic N) is 2. The van der Waals surface area contributed by atoms with E-state index >= 15 is 0 Å². The Morgan fingerprint density at radius 2 is 2.29 bits per heavy atom. The van der Waals surface area contributed by atoms with Crippen LogP contribution in [-0.2, 0) is 26.4 Å². The van der Waals surface area contributed by atoms with Gasteiger partial charge in [-0.05, 0) is 40.0 Å². The van der Waals surface area contributed by atoms with Crippen molar-refractivity contribution < 1.29 is 47.9 Å². The molecule has 0 aliphatic carbocycles. The van der Waals surface area contributed by atoms with E-state index in [4.69, 9.17) is 4.74 Å². The number of ether oxygens (including phenoxy) is 1. The van der Waals surface area contributed by atoms with Gasteiger partial charge in [0.1, 0.15) is 17.0 Å². The van der Waals surface area contributed by atoms with E-state index in [0.29, 0.717) is 22.6 Å². The molecular formula is C12H14BrN2NaO4S. The Hall–Kier alpha value is 0.170. The SMILES string of the molecule is CC[C@H]1COCC(=O)N1c1cc(CS(=O)[O-])cc(Br)n1.[Na+]. The van der Waals surface area contributed by atoms with Gasteiger partial charge in [0.15, 0.2) is 0 Å². The molecule has 2 heterocycles. The number of rotatable bonds is 4. The Morgan fingerprint density at radius 1 is 1.57 bits per heavy atom. The minimum atomic E-state index is -2.18. The second-order valence-electron chi connectivity index (χ2n) is 4.45. The zero-order valence-corrected chi connectivity index (χ0v) is 16.3. The van der Waals surface area contributed by atoms with E-state index in [1.807, 2.05) is 6.92 Å². The molecule has 1 amide bonds. The zero-order chi connectivity index (χ0) is 14.7. The third-order valence-electron chi connectivity index (χ3n) is 3.01. The molecule has 110 valence electrons. The van der Waals surface area contributed by atoms with Gasteiger partial charge < -0.3 is 9.29 Å². The quantitative estimate of drug-likeness (QED) is 0.353. The van der Waals surface area contributed by atoms with Crippen molar-refractivity contribution in [3.05, 3.63) is 22.3 Å². The Labute approximate surface area is 156 Å². The number of carbonyl (C=O) groups is 1. The van der Waals surface area contributed by atoms with Gasteiger partial charge in [-0.2, -0.15) is 0 Å². The molecule has 1 aliphatic heterocycles. The Bertz CT molecular complexity index is 546. The average Bonchev–Trinajstić information content (AvgIpc) is 2.36. The molecule has 21 heavy (non-hydrogen) atoms. The largest absolute Gasteiger partial charge is 1.00 e. The first-order valence-electron chi connectivity index (χ1n) is 6.13. The van der Waals surface area contributed by atoms with Gasteiger partial charge in [-0.25, -0.2) is 4.98 Å². The van der Waals surface area contributed by atoms with E-state index < -0.39 is 11.1 Å². The summed E-state index contributed by atoms with van der Waals surface area (Å²) >= 11 is 1.07. The molecule has 6 nitrogen and oxygen atoms in total. The molecular weight excluding hydrogens is 371 g/mol. The summed E-state index contributed by atoms with van der Waals surface area (Å²) in [7, 11) is 0. The maximum absolute atomic E-state index is 12.0. The van der Waals surface area contributed by atoms with Crippen molar-refractivity contribution in [3.63, 3.8) is 0 Å². The van der Waals surface area contributed by atoms with Crippen molar-refractivity contribution in [2.75, 3.05) is 18.1 Å². The van der Waals surface area contributed by atoms with E-state index in [1.54, 1.807) is 17.0 Å². The summed E-state index contributed by atoms with van der Waals surface area (Å²) in [5.41, 5.74) is 0.587. The van der Waals surface area contributed by atoms with Crippen LogP contribution < -0.4 is 34.5 Å². The van der Waals surface area contributed by atoms with E-state index in [9.17, 15) is 13.6 Å². The number of morpholine rings is 1. The van der Waals surface area contributed by atoms with E-state index in [-0.39, 0.29) is 53.9 Å². The fourth-order valence-electron chi connectivity index (χ4n) is 2.12. The number of aromatic nitrogens is 1. The molecule has 0 bridgehead atoms. The first kappa shape index (κ1) is 19.2. The summed E-state index contributed by atoms with van der Waals surface area (Å²) in [5.74, 6) is 0.187. The van der Waals surface area contributed by atoms with Crippen molar-refractivity contribution >= 4 is 38.7 Å². The normalized spacial score (nSPS) is 20.0. The smallest absolute Gasteiger partial charge is 0.772 e. The van der Waals surface area contributed by atoms with Gasteiger partial charge in [-0.15, -0.1) is 0 Å². The number of anilines is 1. The summed E-state index contributed by atoms with van der Waals surface area (Å²) in [6.45, 7) is 2.44. The van der Waals surface area contributed by atoms with Gasteiger partial charge in [-0.3, -0.25) is 13.9 Å². The molecule has 2 rings (SSSR count). The number of hydrogen-bond donors (Lipinski definition) is 0. The van der Waals surface area contributed by atoms with Crippen molar-refractivity contribution in [3.8, 4) is 0 Å². The minimum absolute atomic E-state index is 0. The van der Waals surface area contributed by atoms with Crippen LogP contribution in [0.5, 0.6) is 0 Å². The fourth-order valence-corrected chi connectivity index (χ4v) is 3.04. The van der Waals surface area contributed by atoms with Crippen LogP contribution in [0.3, 0.4) is 0 Å². The number of amides is 1. The van der Waals surface area contributed by atoms with E-state index in [1.165, 1.54) is 0 Å². The van der Waals surface area contributed by atoms with Gasteiger partial charge in [0.25, 0.3) is 5.91 Å². The number of hydrogen-bond acceptors (Lipinski definition) is 5. The van der Waals surface area contributed by atoms with Crippen molar-refractivity contribution in [1.82, 2.24) is 4.98 Å². The summed E-state index contributed by atoms with van der Waals surface area (Å²) in [6.07, 6.45) is 0.739. The van der Waals surface area contributed by atoms with E-state index in [2.05, 4.69) is 20.9 Å². The maximum Gasteiger partial charge on any atom is 1.00 e. The molecule has 0 aromatic carbocycles. The number of carbonyl (C=O) groups excluding carboxylic acids is 1. The number of pyridine rings is 1. The molecule has 0 saturated carbocycles. The monoisotopic (exact) mass is 384 g/mol. The van der Waals surface area contributed by atoms with Crippen LogP contribution in [0.25, 0.3) is 0 Å². The second kappa shape index (κ2) is 8.71. The molecule has 1 unspecified atom stereocenters. The predicted molar refractivity (Wildman–Crippen MR) is 76.9 cm³/mol. The second-order valence-corrected chi connectivity index (χ2v) is 6.15. The zero-order valence-electron chi connectivity index (χ0n) is 11.9. The molecule has 1 aliphatic rings. The first-order valence-corrected chi connectivity index (χ1v) is 8.17. The first-order chi connectivity index (χ1) is 9.51. The fraction of sp³-hybridized carbons (Fsp3) is 0.500. The Balaban J connectivity index is 0.00000220. The van der Waals surface area contributed by atoms with Gasteiger partial charge >= 0.3 is 29.6 Å². The molecule has 0 N–H and O–H groups in total. The van der Waals surface area contributed by atoms with Crippen LogP contribution in [0.4, 0.5) is 5.82 Å². The average molecular weight is 385 g/mol. The van der Waals surface area contributed by atoms with Gasteiger partial charge in [0.05, 0.1) is 12.6 Å². The van der Waals surface area contributed by atoms with Crippen LogP contribution in [0, 0.1) is 0 Å². The Kier molecular flexibility index (Phi) is 7.97. The van der Waals surface area contributed by atoms with Crippen molar-refractivity contribution in [1.29, 1.82) is 0 Å². The van der Waals surface area contributed by atoms with Crippen LogP contribution in [0.1, 0.15) is 18.9 Å². The standard InChI is InChI=1S/C12H15BrN2O4S.Na/c1-2-9-5-19-6-12(16)15(9)11-4-8(7-20(17)18)3-10(13)14-11;/h3-4,9H,2,5-7H2,1H3,(H,17,18);/q;+1/p-1/t9-;/m0./s1. The third-order valence-corrected chi connectivity index (χ3v) is 3.99. The summed E-state index contributed by atoms with van der Waals surface area (Å²) in [4.78, 5) is 17.9. The molecule has 1 aromatic heterocycles. The molecule has 1 aromatic rings. The molecule has 0 radical (unpaired) electrons. The van der Waals surface area contributed by atoms with Gasteiger partial charge in [-0.1, -0.05) is 18.0 Å². The minimum Gasteiger partial charge on any atom is -0.772 e. The van der Waals surface area contributed by atoms with Crippen LogP contribution in [0.15, 0.2) is 16.7 Å². The van der Waals surface area contributed by atoms with Crippen LogP contribution in [0.2, 0.25) is 0 Å². The molecule has 0 spiro atoms. The predicted octanol–water partition coefficient (Wildman–Crippen LogP) is -1.63. The summed E-state index contributed by atoms with van der Waals surface area (Å²) < 4.78 is 27.4. The summed E-state index contributed by atoms with van der Waals surface area (Å²) in [5, 5.41) is 0. The molecule has 9 heteroatoms. The van der Waals surface area contributed by atoms with Crippen molar-refractivity contribution in [2.45, 2.75) is 25.1 Å². The third kappa shape index (κ3) is 5.09. The topological polar surface area (TPSA) is 82.6 Å². The van der Waals surface area contributed by atoms with Gasteiger partial charge in [0.2, 0.25) is 0 Å². The van der Waals surface area contributed by atoms with Crippen molar-refractivity contribution in [2.24, 2.45) is 0 Å². The number of halogens is 1. The van der Waals surface area contributed by atoms with E-state index in [0.717, 1.165) is 6.42 Å². The molecule has 1 fully saturated rings. The Morgan fingerprint density at radius 3 is 2.90 bits per heavy atom.